The minimum atomic E-state index is -0.831. The number of rotatable bonds is 7. The van der Waals surface area contributed by atoms with Crippen molar-refractivity contribution in [1.29, 1.82) is 0 Å². The number of carboxylic acids is 1. The van der Waals surface area contributed by atoms with Crippen LogP contribution in [0.1, 0.15) is 36.0 Å². The van der Waals surface area contributed by atoms with E-state index < -0.39 is 17.4 Å². The molecule has 0 atom stereocenters. The van der Waals surface area contributed by atoms with Gasteiger partial charge in [-0.25, -0.2) is 0 Å². The topological polar surface area (TPSA) is 119 Å². The number of carbonyl (C=O) groups is 2. The van der Waals surface area contributed by atoms with Crippen molar-refractivity contribution < 1.29 is 19.8 Å². The lowest BCUT2D eigenvalue weighted by Gasteiger charge is -2.04. The highest BCUT2D eigenvalue weighted by Gasteiger charge is 2.07. The Kier molecular flexibility index (Phi) is 5.59. The van der Waals surface area contributed by atoms with Crippen LogP contribution in [-0.2, 0) is 4.79 Å². The minimum absolute atomic E-state index is 0.0896. The lowest BCUT2D eigenvalue weighted by molar-refractivity contribution is -0.137. The first-order valence-corrected chi connectivity index (χ1v) is 5.92. The van der Waals surface area contributed by atoms with Crippen LogP contribution in [0.4, 0.5) is 0 Å². The maximum atomic E-state index is 11.6. The molecule has 19 heavy (non-hydrogen) atoms. The first-order valence-electron chi connectivity index (χ1n) is 5.92. The van der Waals surface area contributed by atoms with Crippen LogP contribution in [0.2, 0.25) is 0 Å². The summed E-state index contributed by atoms with van der Waals surface area (Å²) in [5.41, 5.74) is -0.460. The summed E-state index contributed by atoms with van der Waals surface area (Å²) in [5.74, 6) is -1.64. The van der Waals surface area contributed by atoms with Gasteiger partial charge in [0.1, 0.15) is 0 Å². The molecule has 104 valence electrons. The molecule has 7 heteroatoms. The second-order valence-electron chi connectivity index (χ2n) is 4.08. The summed E-state index contributed by atoms with van der Waals surface area (Å²) in [7, 11) is 0. The van der Waals surface area contributed by atoms with Gasteiger partial charge in [-0.1, -0.05) is 6.42 Å². The first-order chi connectivity index (χ1) is 8.99. The summed E-state index contributed by atoms with van der Waals surface area (Å²) < 4.78 is 0. The van der Waals surface area contributed by atoms with Crippen LogP contribution in [0, 0.1) is 0 Å². The molecule has 0 bridgehead atoms. The first kappa shape index (κ1) is 14.7. The van der Waals surface area contributed by atoms with Gasteiger partial charge < -0.3 is 15.5 Å². The number of carboxylic acid groups (broad SMARTS) is 1. The van der Waals surface area contributed by atoms with E-state index in [0.29, 0.717) is 25.8 Å². The Hall–Kier alpha value is -2.31. The zero-order valence-electron chi connectivity index (χ0n) is 10.3. The average Bonchev–Trinajstić information content (AvgIpc) is 2.31. The van der Waals surface area contributed by atoms with Gasteiger partial charge in [0, 0.05) is 25.1 Å². The van der Waals surface area contributed by atoms with Crippen LogP contribution >= 0.6 is 0 Å². The molecule has 0 saturated carbocycles. The predicted molar refractivity (Wildman–Crippen MR) is 67.2 cm³/mol. The number of carbonyl (C=O) groups excluding carboxylic acids is 1. The Bertz CT molecular complexity index is 509. The standard InChI is InChI=1S/C12H16N2O5/c15-9-6-8(7-10(16)14-9)12(19)13-5-3-1-2-4-11(17)18/h6-7H,1-5H2,(H,13,19)(H,17,18)(H2,14,15,16). The van der Waals surface area contributed by atoms with Gasteiger partial charge in [0.05, 0.1) is 5.56 Å². The van der Waals surface area contributed by atoms with E-state index in [0.717, 1.165) is 6.07 Å². The van der Waals surface area contributed by atoms with Gasteiger partial charge in [0.2, 0.25) is 0 Å². The number of unbranched alkanes of at least 4 members (excludes halogenated alkanes) is 2. The highest BCUT2D eigenvalue weighted by atomic mass is 16.4. The summed E-state index contributed by atoms with van der Waals surface area (Å²) in [4.78, 5) is 35.1. The molecule has 0 radical (unpaired) electrons. The fourth-order valence-electron chi connectivity index (χ4n) is 1.54. The van der Waals surface area contributed by atoms with Gasteiger partial charge >= 0.3 is 5.97 Å². The fourth-order valence-corrected chi connectivity index (χ4v) is 1.54. The van der Waals surface area contributed by atoms with Crippen LogP contribution in [-0.4, -0.2) is 33.6 Å². The molecule has 1 rings (SSSR count). The number of aromatic hydroxyl groups is 1. The summed E-state index contributed by atoms with van der Waals surface area (Å²) >= 11 is 0. The van der Waals surface area contributed by atoms with Crippen molar-refractivity contribution in [3.63, 3.8) is 0 Å². The molecule has 0 unspecified atom stereocenters. The molecule has 0 aromatic carbocycles. The van der Waals surface area contributed by atoms with E-state index in [4.69, 9.17) is 10.2 Å². The number of hydrogen-bond acceptors (Lipinski definition) is 4. The number of H-pyrrole nitrogens is 1. The SMILES string of the molecule is O=C(O)CCCCCNC(=O)c1cc(O)[nH]c(=O)c1. The smallest absolute Gasteiger partial charge is 0.303 e. The number of pyridine rings is 1. The number of aromatic amines is 1. The molecule has 1 heterocycles. The quantitative estimate of drug-likeness (QED) is 0.535. The molecule has 0 spiro atoms. The number of aliphatic carboxylic acids is 1. The Labute approximate surface area is 109 Å². The highest BCUT2D eigenvalue weighted by molar-refractivity contribution is 5.94. The van der Waals surface area contributed by atoms with E-state index in [1.54, 1.807) is 0 Å². The van der Waals surface area contributed by atoms with E-state index in [1.165, 1.54) is 6.07 Å². The van der Waals surface area contributed by atoms with Crippen LogP contribution in [0.15, 0.2) is 16.9 Å². The van der Waals surface area contributed by atoms with Gasteiger partial charge in [-0.05, 0) is 12.8 Å². The van der Waals surface area contributed by atoms with E-state index in [-0.39, 0.29) is 17.9 Å². The van der Waals surface area contributed by atoms with Crippen LogP contribution in [0.3, 0.4) is 0 Å². The summed E-state index contributed by atoms with van der Waals surface area (Å²) in [5, 5.41) is 20.2. The maximum absolute atomic E-state index is 11.6. The fraction of sp³-hybridized carbons (Fsp3) is 0.417. The Morgan fingerprint density at radius 1 is 1.21 bits per heavy atom. The van der Waals surface area contributed by atoms with E-state index in [2.05, 4.69) is 10.3 Å². The molecule has 0 saturated heterocycles. The highest BCUT2D eigenvalue weighted by Crippen LogP contribution is 2.04. The van der Waals surface area contributed by atoms with Crippen LogP contribution in [0.25, 0.3) is 0 Å². The van der Waals surface area contributed by atoms with Crippen molar-refractivity contribution in [2.24, 2.45) is 0 Å². The zero-order valence-corrected chi connectivity index (χ0v) is 10.3. The molecule has 4 N–H and O–H groups in total. The third-order valence-electron chi connectivity index (χ3n) is 2.45. The normalized spacial score (nSPS) is 10.1. The van der Waals surface area contributed by atoms with Crippen LogP contribution in [0.5, 0.6) is 5.88 Å². The zero-order chi connectivity index (χ0) is 14.3. The van der Waals surface area contributed by atoms with Gasteiger partial charge in [-0.3, -0.25) is 19.4 Å². The Morgan fingerprint density at radius 3 is 2.58 bits per heavy atom. The molecule has 0 aliphatic heterocycles. The lowest BCUT2D eigenvalue weighted by atomic mass is 10.2. The number of amides is 1. The molecular formula is C12H16N2O5. The largest absolute Gasteiger partial charge is 0.494 e. The van der Waals surface area contributed by atoms with Crippen molar-refractivity contribution in [3.05, 3.63) is 28.0 Å². The maximum Gasteiger partial charge on any atom is 0.303 e. The van der Waals surface area contributed by atoms with Crippen molar-refractivity contribution in [2.45, 2.75) is 25.7 Å². The third-order valence-corrected chi connectivity index (χ3v) is 2.45. The van der Waals surface area contributed by atoms with Gasteiger partial charge in [0.25, 0.3) is 11.5 Å². The van der Waals surface area contributed by atoms with Crippen molar-refractivity contribution in [2.75, 3.05) is 6.54 Å². The van der Waals surface area contributed by atoms with Gasteiger partial charge in [-0.15, -0.1) is 0 Å². The average molecular weight is 268 g/mol. The van der Waals surface area contributed by atoms with E-state index in [9.17, 15) is 14.4 Å². The second kappa shape index (κ2) is 7.20. The van der Waals surface area contributed by atoms with E-state index in [1.807, 2.05) is 0 Å². The van der Waals surface area contributed by atoms with Crippen molar-refractivity contribution >= 4 is 11.9 Å². The Balaban J connectivity index is 2.31. The molecule has 0 aliphatic carbocycles. The minimum Gasteiger partial charge on any atom is -0.494 e. The molecule has 1 amide bonds. The summed E-state index contributed by atoms with van der Waals surface area (Å²) in [6.07, 6.45) is 2.05. The van der Waals surface area contributed by atoms with Gasteiger partial charge in [0.15, 0.2) is 5.88 Å². The van der Waals surface area contributed by atoms with E-state index >= 15 is 0 Å². The molecule has 0 fully saturated rings. The number of nitrogens with one attached hydrogen (secondary N) is 2. The Morgan fingerprint density at radius 2 is 1.95 bits per heavy atom. The lowest BCUT2D eigenvalue weighted by Crippen LogP contribution is -2.25. The van der Waals surface area contributed by atoms with Crippen molar-refractivity contribution in [1.82, 2.24) is 10.3 Å². The number of aromatic nitrogens is 1. The van der Waals surface area contributed by atoms with Gasteiger partial charge in [-0.2, -0.15) is 0 Å². The molecule has 1 aromatic heterocycles. The van der Waals surface area contributed by atoms with Crippen LogP contribution < -0.4 is 10.9 Å². The summed E-state index contributed by atoms with van der Waals surface area (Å²) in [6.45, 7) is 0.395. The monoisotopic (exact) mass is 268 g/mol. The molecule has 7 nitrogen and oxygen atoms in total. The van der Waals surface area contributed by atoms with Crippen molar-refractivity contribution in [3.8, 4) is 5.88 Å². The predicted octanol–water partition coefficient (Wildman–Crippen LogP) is 0.455. The summed E-state index contributed by atoms with van der Waals surface area (Å²) in [6, 6.07) is 2.26. The third kappa shape index (κ3) is 5.71. The second-order valence-corrected chi connectivity index (χ2v) is 4.08. The molecule has 1 aromatic rings. The molecule has 0 aliphatic rings. The molecular weight excluding hydrogens is 252 g/mol. The number of hydrogen-bond donors (Lipinski definition) is 4.